The van der Waals surface area contributed by atoms with Crippen LogP contribution in [0.15, 0.2) is 22.9 Å². The van der Waals surface area contributed by atoms with E-state index in [1.807, 2.05) is 39.8 Å². The minimum atomic E-state index is -0.202. The summed E-state index contributed by atoms with van der Waals surface area (Å²) in [6.45, 7) is 9.90. The summed E-state index contributed by atoms with van der Waals surface area (Å²) in [5.74, 6) is 1.03. The molecule has 2 heterocycles. The Kier molecular flexibility index (Phi) is 5.36. The smallest absolute Gasteiger partial charge is 0.257 e. The number of hydrogen-bond acceptors (Lipinski definition) is 5. The fourth-order valence-corrected chi connectivity index (χ4v) is 2.21. The number of amides is 1. The average molecular weight is 317 g/mol. The van der Waals surface area contributed by atoms with E-state index in [1.54, 1.807) is 13.1 Å². The second-order valence-corrected chi connectivity index (χ2v) is 5.98. The summed E-state index contributed by atoms with van der Waals surface area (Å²) < 4.78 is 10.9. The zero-order valence-electron chi connectivity index (χ0n) is 14.2. The maximum Gasteiger partial charge on any atom is 0.257 e. The van der Waals surface area contributed by atoms with Gasteiger partial charge in [-0.1, -0.05) is 25.1 Å². The SMILES string of the molecule is Cc1noc(C(C)C)c1C(=O)NCc1cccnc1OC(C)C. The van der Waals surface area contributed by atoms with Crippen molar-refractivity contribution in [2.75, 3.05) is 0 Å². The monoisotopic (exact) mass is 317 g/mol. The zero-order valence-corrected chi connectivity index (χ0v) is 14.2. The first-order valence-corrected chi connectivity index (χ1v) is 7.75. The minimum Gasteiger partial charge on any atom is -0.475 e. The van der Waals surface area contributed by atoms with E-state index in [0.717, 1.165) is 5.56 Å². The van der Waals surface area contributed by atoms with Gasteiger partial charge in [-0.25, -0.2) is 4.98 Å². The van der Waals surface area contributed by atoms with E-state index >= 15 is 0 Å². The Morgan fingerprint density at radius 3 is 2.74 bits per heavy atom. The zero-order chi connectivity index (χ0) is 17.0. The second-order valence-electron chi connectivity index (χ2n) is 5.98. The van der Waals surface area contributed by atoms with Gasteiger partial charge in [0.05, 0.1) is 11.8 Å². The molecule has 0 spiro atoms. The van der Waals surface area contributed by atoms with Gasteiger partial charge in [-0.15, -0.1) is 0 Å². The van der Waals surface area contributed by atoms with Crippen molar-refractivity contribution in [1.29, 1.82) is 0 Å². The van der Waals surface area contributed by atoms with Crippen LogP contribution in [0, 0.1) is 6.92 Å². The number of nitrogens with one attached hydrogen (secondary N) is 1. The molecule has 23 heavy (non-hydrogen) atoms. The second kappa shape index (κ2) is 7.26. The lowest BCUT2D eigenvalue weighted by atomic mass is 10.0. The number of carbonyl (C=O) groups is 1. The Bertz CT molecular complexity index is 677. The summed E-state index contributed by atoms with van der Waals surface area (Å²) in [5, 5.41) is 6.79. The van der Waals surface area contributed by atoms with Crippen molar-refractivity contribution in [2.45, 2.75) is 53.2 Å². The molecule has 0 atom stereocenters. The third-order valence-electron chi connectivity index (χ3n) is 3.28. The number of nitrogens with zero attached hydrogens (tertiary/aromatic N) is 2. The molecule has 1 amide bonds. The van der Waals surface area contributed by atoms with E-state index in [0.29, 0.717) is 29.4 Å². The van der Waals surface area contributed by atoms with Crippen LogP contribution in [0.25, 0.3) is 0 Å². The van der Waals surface area contributed by atoms with Crippen LogP contribution in [-0.2, 0) is 6.54 Å². The van der Waals surface area contributed by atoms with Crippen LogP contribution in [0.3, 0.4) is 0 Å². The molecule has 0 radical (unpaired) electrons. The standard InChI is InChI=1S/C17H23N3O3/c1-10(2)15-14(12(5)20-23-15)16(21)19-9-13-7-6-8-18-17(13)22-11(3)4/h6-8,10-11H,9H2,1-5H3,(H,19,21). The fraction of sp³-hybridized carbons (Fsp3) is 0.471. The van der Waals surface area contributed by atoms with Crippen LogP contribution in [0.1, 0.15) is 61.0 Å². The molecule has 0 saturated heterocycles. The Morgan fingerprint density at radius 2 is 2.09 bits per heavy atom. The molecule has 6 heteroatoms. The molecular formula is C17H23N3O3. The maximum atomic E-state index is 12.5. The van der Waals surface area contributed by atoms with Gasteiger partial charge >= 0.3 is 0 Å². The molecule has 0 aromatic carbocycles. The quantitative estimate of drug-likeness (QED) is 0.885. The highest BCUT2D eigenvalue weighted by Crippen LogP contribution is 2.22. The highest BCUT2D eigenvalue weighted by molar-refractivity contribution is 5.96. The summed E-state index contributed by atoms with van der Waals surface area (Å²) in [7, 11) is 0. The van der Waals surface area contributed by atoms with Gasteiger partial charge in [-0.2, -0.15) is 0 Å². The van der Waals surface area contributed by atoms with Gasteiger partial charge < -0.3 is 14.6 Å². The first-order chi connectivity index (χ1) is 10.9. The van der Waals surface area contributed by atoms with Crippen molar-refractivity contribution in [3.05, 3.63) is 40.9 Å². The first kappa shape index (κ1) is 17.0. The Hall–Kier alpha value is -2.37. The van der Waals surface area contributed by atoms with Gasteiger partial charge in [0.25, 0.3) is 5.91 Å². The summed E-state index contributed by atoms with van der Waals surface area (Å²) in [6, 6.07) is 3.70. The molecule has 2 rings (SSSR count). The number of rotatable bonds is 6. The molecule has 0 aliphatic rings. The lowest BCUT2D eigenvalue weighted by molar-refractivity contribution is 0.0947. The molecule has 0 bridgehead atoms. The molecular weight excluding hydrogens is 294 g/mol. The predicted molar refractivity (Wildman–Crippen MR) is 86.5 cm³/mol. The number of pyridine rings is 1. The van der Waals surface area contributed by atoms with Crippen LogP contribution in [-0.4, -0.2) is 22.2 Å². The Labute approximate surface area is 136 Å². The number of hydrogen-bond donors (Lipinski definition) is 1. The molecule has 6 nitrogen and oxygen atoms in total. The third kappa shape index (κ3) is 4.09. The third-order valence-corrected chi connectivity index (χ3v) is 3.28. The highest BCUT2D eigenvalue weighted by atomic mass is 16.5. The van der Waals surface area contributed by atoms with Gasteiger partial charge in [-0.05, 0) is 26.8 Å². The fourth-order valence-electron chi connectivity index (χ4n) is 2.21. The normalized spacial score (nSPS) is 11.1. The maximum absolute atomic E-state index is 12.5. The minimum absolute atomic E-state index is 0.0206. The number of aromatic nitrogens is 2. The van der Waals surface area contributed by atoms with E-state index in [1.165, 1.54) is 0 Å². The Balaban J connectivity index is 2.13. The lowest BCUT2D eigenvalue weighted by Gasteiger charge is -2.13. The molecule has 0 fully saturated rings. The summed E-state index contributed by atoms with van der Waals surface area (Å²) in [4.78, 5) is 16.7. The van der Waals surface area contributed by atoms with Crippen LogP contribution >= 0.6 is 0 Å². The van der Waals surface area contributed by atoms with Crippen molar-refractivity contribution in [3.8, 4) is 5.88 Å². The van der Waals surface area contributed by atoms with Crippen molar-refractivity contribution >= 4 is 5.91 Å². The van der Waals surface area contributed by atoms with Crippen molar-refractivity contribution in [3.63, 3.8) is 0 Å². The molecule has 124 valence electrons. The average Bonchev–Trinajstić information content (AvgIpc) is 2.87. The van der Waals surface area contributed by atoms with Crippen LogP contribution in [0.5, 0.6) is 5.88 Å². The highest BCUT2D eigenvalue weighted by Gasteiger charge is 2.22. The summed E-state index contributed by atoms with van der Waals surface area (Å²) in [5.41, 5.74) is 1.93. The van der Waals surface area contributed by atoms with Gasteiger partial charge in [0.15, 0.2) is 5.76 Å². The summed E-state index contributed by atoms with van der Waals surface area (Å²) in [6.07, 6.45) is 1.69. The lowest BCUT2D eigenvalue weighted by Crippen LogP contribution is -2.25. The van der Waals surface area contributed by atoms with E-state index in [-0.39, 0.29) is 17.9 Å². The largest absolute Gasteiger partial charge is 0.475 e. The van der Waals surface area contributed by atoms with Crippen molar-refractivity contribution in [2.24, 2.45) is 0 Å². The first-order valence-electron chi connectivity index (χ1n) is 7.75. The molecule has 1 N–H and O–H groups in total. The van der Waals surface area contributed by atoms with Crippen LogP contribution < -0.4 is 10.1 Å². The molecule has 0 aliphatic heterocycles. The van der Waals surface area contributed by atoms with E-state index in [9.17, 15) is 4.79 Å². The van der Waals surface area contributed by atoms with Crippen LogP contribution in [0.2, 0.25) is 0 Å². The van der Waals surface area contributed by atoms with Crippen molar-refractivity contribution < 1.29 is 14.1 Å². The number of ether oxygens (including phenoxy) is 1. The van der Waals surface area contributed by atoms with Crippen LogP contribution in [0.4, 0.5) is 0 Å². The van der Waals surface area contributed by atoms with E-state index in [4.69, 9.17) is 9.26 Å². The molecule has 0 unspecified atom stereocenters. The van der Waals surface area contributed by atoms with E-state index in [2.05, 4.69) is 15.5 Å². The van der Waals surface area contributed by atoms with Crippen molar-refractivity contribution in [1.82, 2.24) is 15.5 Å². The van der Waals surface area contributed by atoms with E-state index < -0.39 is 0 Å². The number of aryl methyl sites for hydroxylation is 1. The summed E-state index contributed by atoms with van der Waals surface area (Å²) >= 11 is 0. The van der Waals surface area contributed by atoms with Gasteiger partial charge in [0.2, 0.25) is 5.88 Å². The predicted octanol–water partition coefficient (Wildman–Crippen LogP) is 3.22. The molecule has 0 aliphatic carbocycles. The van der Waals surface area contributed by atoms with Gasteiger partial charge in [-0.3, -0.25) is 4.79 Å². The molecule has 2 aromatic heterocycles. The topological polar surface area (TPSA) is 77.3 Å². The van der Waals surface area contributed by atoms with Gasteiger partial charge in [0.1, 0.15) is 5.56 Å². The van der Waals surface area contributed by atoms with Gasteiger partial charge in [0, 0.05) is 24.2 Å². The molecule has 0 saturated carbocycles. The number of carbonyl (C=O) groups excluding carboxylic acids is 1. The Morgan fingerprint density at radius 1 is 1.35 bits per heavy atom. The molecule has 2 aromatic rings.